The van der Waals surface area contributed by atoms with Crippen LogP contribution in [0.25, 0.3) is 0 Å². The zero-order valence-corrected chi connectivity index (χ0v) is 11.3. The van der Waals surface area contributed by atoms with E-state index in [1.165, 1.54) is 4.90 Å². The lowest BCUT2D eigenvalue weighted by molar-refractivity contribution is -0.152. The van der Waals surface area contributed by atoms with E-state index in [4.69, 9.17) is 5.11 Å². The van der Waals surface area contributed by atoms with Crippen LogP contribution in [0.1, 0.15) is 25.3 Å². The van der Waals surface area contributed by atoms with E-state index in [-0.39, 0.29) is 24.8 Å². The normalized spacial score (nSPS) is 22.1. The highest BCUT2D eigenvalue weighted by molar-refractivity contribution is 6.35. The second kappa shape index (κ2) is 5.86. The van der Waals surface area contributed by atoms with Gasteiger partial charge in [-0.3, -0.25) is 9.59 Å². The minimum Gasteiger partial charge on any atom is -0.475 e. The quantitative estimate of drug-likeness (QED) is 0.826. The molecule has 0 spiro atoms. The Bertz CT molecular complexity index is 526. The van der Waals surface area contributed by atoms with Crippen LogP contribution in [-0.4, -0.2) is 33.7 Å². The minimum atomic E-state index is -1.47. The fraction of sp³-hybridized carbons (Fsp3) is 0.400. The minimum absolute atomic E-state index is 0.152. The van der Waals surface area contributed by atoms with Crippen molar-refractivity contribution >= 4 is 17.7 Å². The lowest BCUT2D eigenvalue weighted by Crippen LogP contribution is -2.44. The van der Waals surface area contributed by atoms with Crippen LogP contribution in [0.4, 0.5) is 0 Å². The predicted molar refractivity (Wildman–Crippen MR) is 71.8 cm³/mol. The molecule has 0 radical (unpaired) electrons. The van der Waals surface area contributed by atoms with Gasteiger partial charge in [-0.1, -0.05) is 43.7 Å². The summed E-state index contributed by atoms with van der Waals surface area (Å²) in [6.07, 6.45) is 0.855. The summed E-state index contributed by atoms with van der Waals surface area (Å²) in [6.45, 7) is 2.14. The Morgan fingerprint density at radius 1 is 1.30 bits per heavy atom. The van der Waals surface area contributed by atoms with Gasteiger partial charge in [-0.05, 0) is 11.5 Å². The first-order valence-corrected chi connectivity index (χ1v) is 6.65. The number of carboxylic acids is 1. The van der Waals surface area contributed by atoms with Crippen molar-refractivity contribution < 1.29 is 19.5 Å². The van der Waals surface area contributed by atoms with E-state index in [9.17, 15) is 14.4 Å². The van der Waals surface area contributed by atoms with Crippen LogP contribution in [0, 0.1) is 5.92 Å². The van der Waals surface area contributed by atoms with Crippen molar-refractivity contribution in [2.45, 2.75) is 32.4 Å². The largest absolute Gasteiger partial charge is 0.475 e. The highest BCUT2D eigenvalue weighted by atomic mass is 16.4. The molecule has 1 aliphatic heterocycles. The van der Waals surface area contributed by atoms with Gasteiger partial charge in [0.15, 0.2) is 0 Å². The molecule has 2 unspecified atom stereocenters. The van der Waals surface area contributed by atoms with Crippen molar-refractivity contribution in [1.29, 1.82) is 0 Å². The monoisotopic (exact) mass is 275 g/mol. The van der Waals surface area contributed by atoms with E-state index >= 15 is 0 Å². The van der Waals surface area contributed by atoms with Gasteiger partial charge in [0.1, 0.15) is 6.04 Å². The van der Waals surface area contributed by atoms with Gasteiger partial charge in [0, 0.05) is 13.0 Å². The molecule has 0 aromatic heterocycles. The number of benzene rings is 1. The van der Waals surface area contributed by atoms with Crippen molar-refractivity contribution in [2.24, 2.45) is 5.92 Å². The van der Waals surface area contributed by atoms with E-state index in [2.05, 4.69) is 0 Å². The summed E-state index contributed by atoms with van der Waals surface area (Å²) >= 11 is 0. The van der Waals surface area contributed by atoms with E-state index in [0.29, 0.717) is 6.42 Å². The van der Waals surface area contributed by atoms with Crippen molar-refractivity contribution in [3.63, 3.8) is 0 Å². The second-order valence-electron chi connectivity index (χ2n) is 4.99. The number of carboxylic acid groups (broad SMARTS) is 1. The van der Waals surface area contributed by atoms with Gasteiger partial charge in [0.05, 0.1) is 0 Å². The summed E-state index contributed by atoms with van der Waals surface area (Å²) in [6, 6.07) is 8.43. The molecule has 20 heavy (non-hydrogen) atoms. The van der Waals surface area contributed by atoms with Crippen molar-refractivity contribution in [2.75, 3.05) is 0 Å². The number of carbonyl (C=O) groups excluding carboxylic acids is 2. The molecular weight excluding hydrogens is 258 g/mol. The Morgan fingerprint density at radius 3 is 2.50 bits per heavy atom. The average Bonchev–Trinajstić information content (AvgIpc) is 2.75. The number of Topliss-reactive ketones (excluding diaryl/α,β-unsaturated/α-hetero) is 1. The van der Waals surface area contributed by atoms with Gasteiger partial charge in [0.25, 0.3) is 5.78 Å². The van der Waals surface area contributed by atoms with Crippen molar-refractivity contribution in [1.82, 2.24) is 4.90 Å². The van der Waals surface area contributed by atoms with Gasteiger partial charge < -0.3 is 10.0 Å². The van der Waals surface area contributed by atoms with Crippen LogP contribution in [0.5, 0.6) is 0 Å². The molecule has 1 amide bonds. The molecule has 106 valence electrons. The van der Waals surface area contributed by atoms with Crippen LogP contribution in [0.2, 0.25) is 0 Å². The molecule has 1 heterocycles. The highest BCUT2D eigenvalue weighted by Crippen LogP contribution is 2.30. The number of rotatable bonds is 5. The highest BCUT2D eigenvalue weighted by Gasteiger charge is 2.45. The van der Waals surface area contributed by atoms with Crippen LogP contribution in [-0.2, 0) is 20.9 Å². The summed E-state index contributed by atoms with van der Waals surface area (Å²) in [4.78, 5) is 36.3. The Balaban J connectivity index is 2.26. The molecule has 2 rings (SSSR count). The Hall–Kier alpha value is -2.17. The molecule has 1 aromatic carbocycles. The number of ketones is 1. The third-order valence-electron chi connectivity index (χ3n) is 3.74. The second-order valence-corrected chi connectivity index (χ2v) is 4.99. The van der Waals surface area contributed by atoms with Crippen LogP contribution in [0.15, 0.2) is 30.3 Å². The number of likely N-dealkylation sites (tertiary alicyclic amines) is 1. The summed E-state index contributed by atoms with van der Waals surface area (Å²) in [5, 5.41) is 8.94. The van der Waals surface area contributed by atoms with Gasteiger partial charge in [0.2, 0.25) is 5.91 Å². The van der Waals surface area contributed by atoms with Gasteiger partial charge in [-0.25, -0.2) is 4.79 Å². The fourth-order valence-electron chi connectivity index (χ4n) is 2.68. The number of hydrogen-bond acceptors (Lipinski definition) is 3. The number of amides is 1. The lowest BCUT2D eigenvalue weighted by atomic mass is 9.94. The number of carbonyl (C=O) groups is 3. The first-order chi connectivity index (χ1) is 9.54. The summed E-state index contributed by atoms with van der Waals surface area (Å²) in [5.74, 6) is -2.73. The van der Waals surface area contributed by atoms with E-state index < -0.39 is 17.8 Å². The molecule has 1 saturated heterocycles. The summed E-state index contributed by atoms with van der Waals surface area (Å²) in [5.41, 5.74) is 0.890. The van der Waals surface area contributed by atoms with Crippen LogP contribution in [0.3, 0.4) is 0 Å². The first kappa shape index (κ1) is 14.2. The number of nitrogens with zero attached hydrogens (tertiary/aromatic N) is 1. The molecule has 5 nitrogen and oxygen atoms in total. The fourth-order valence-corrected chi connectivity index (χ4v) is 2.68. The molecule has 1 fully saturated rings. The maximum absolute atomic E-state index is 12.1. The number of hydrogen-bond donors (Lipinski definition) is 1. The maximum atomic E-state index is 12.1. The molecule has 2 atom stereocenters. The molecule has 1 N–H and O–H groups in total. The summed E-state index contributed by atoms with van der Waals surface area (Å²) in [7, 11) is 0. The smallest absolute Gasteiger partial charge is 0.374 e. The Morgan fingerprint density at radius 2 is 1.95 bits per heavy atom. The van der Waals surface area contributed by atoms with E-state index in [0.717, 1.165) is 5.56 Å². The third-order valence-corrected chi connectivity index (χ3v) is 3.74. The zero-order chi connectivity index (χ0) is 14.7. The number of aliphatic carboxylic acids is 1. The predicted octanol–water partition coefficient (Wildman–Crippen LogP) is 1.47. The molecule has 1 aromatic rings. The van der Waals surface area contributed by atoms with E-state index in [1.807, 2.05) is 37.3 Å². The first-order valence-electron chi connectivity index (χ1n) is 6.65. The molecule has 0 bridgehead atoms. The topological polar surface area (TPSA) is 74.7 Å². The third kappa shape index (κ3) is 2.71. The molecule has 0 saturated carbocycles. The standard InChI is InChI=1S/C15H17NO4/c1-2-11-8-12(17)16(13(11)14(18)15(19)20)9-10-6-4-3-5-7-10/h3-7,11,13H,2,8-9H2,1H3,(H,19,20). The van der Waals surface area contributed by atoms with Crippen molar-refractivity contribution in [3.05, 3.63) is 35.9 Å². The summed E-state index contributed by atoms with van der Waals surface area (Å²) < 4.78 is 0. The molecule has 5 heteroatoms. The van der Waals surface area contributed by atoms with Crippen LogP contribution >= 0.6 is 0 Å². The maximum Gasteiger partial charge on any atom is 0.374 e. The zero-order valence-electron chi connectivity index (χ0n) is 11.3. The van der Waals surface area contributed by atoms with Crippen molar-refractivity contribution in [3.8, 4) is 0 Å². The van der Waals surface area contributed by atoms with Gasteiger partial charge in [-0.15, -0.1) is 0 Å². The van der Waals surface area contributed by atoms with Gasteiger partial charge in [-0.2, -0.15) is 0 Å². The molecule has 0 aliphatic carbocycles. The Kier molecular flexibility index (Phi) is 4.17. The SMILES string of the molecule is CCC1CC(=O)N(Cc2ccccc2)C1C(=O)C(=O)O. The van der Waals surface area contributed by atoms with Crippen LogP contribution < -0.4 is 0 Å². The lowest BCUT2D eigenvalue weighted by Gasteiger charge is -2.25. The van der Waals surface area contributed by atoms with E-state index in [1.54, 1.807) is 0 Å². The average molecular weight is 275 g/mol. The Labute approximate surface area is 117 Å². The van der Waals surface area contributed by atoms with Gasteiger partial charge >= 0.3 is 5.97 Å². The molecular formula is C15H17NO4. The molecule has 1 aliphatic rings.